The van der Waals surface area contributed by atoms with Crippen molar-refractivity contribution in [1.82, 2.24) is 4.90 Å². The minimum Gasteiger partial charge on any atom is -0.497 e. The number of hydrogen-bond acceptors (Lipinski definition) is 7. The highest BCUT2D eigenvalue weighted by Crippen LogP contribution is 2.39. The van der Waals surface area contributed by atoms with E-state index in [0.29, 0.717) is 25.4 Å². The van der Waals surface area contributed by atoms with Crippen LogP contribution in [-0.4, -0.2) is 25.5 Å². The van der Waals surface area contributed by atoms with Crippen molar-refractivity contribution in [3.05, 3.63) is 81.7 Å². The summed E-state index contributed by atoms with van der Waals surface area (Å²) in [5.74, 6) is 3.09. The minimum atomic E-state index is -0.387. The monoisotopic (exact) mass is 457 g/mol. The van der Waals surface area contributed by atoms with Crippen molar-refractivity contribution >= 4 is 11.0 Å². The maximum Gasteiger partial charge on any atom is 0.336 e. The Bertz CT molecular complexity index is 1460. The van der Waals surface area contributed by atoms with Crippen LogP contribution >= 0.6 is 0 Å². The number of ether oxygens (including phenoxy) is 4. The second-order valence-electron chi connectivity index (χ2n) is 8.52. The van der Waals surface area contributed by atoms with Gasteiger partial charge in [-0.15, -0.1) is 0 Å². The lowest BCUT2D eigenvalue weighted by Crippen LogP contribution is -2.31. The van der Waals surface area contributed by atoms with Gasteiger partial charge in [-0.3, -0.25) is 4.90 Å². The number of nitrogens with zero attached hydrogens (tertiary/aromatic N) is 1. The maximum atomic E-state index is 12.4. The van der Waals surface area contributed by atoms with Crippen LogP contribution in [0.5, 0.6) is 23.0 Å². The summed E-state index contributed by atoms with van der Waals surface area (Å²) in [5.41, 5.74) is 4.93. The van der Waals surface area contributed by atoms with Gasteiger partial charge in [0, 0.05) is 35.7 Å². The quantitative estimate of drug-likeness (QED) is 0.406. The zero-order chi connectivity index (χ0) is 23.2. The van der Waals surface area contributed by atoms with E-state index in [2.05, 4.69) is 11.0 Å². The van der Waals surface area contributed by atoms with E-state index in [1.165, 1.54) is 0 Å². The van der Waals surface area contributed by atoms with Gasteiger partial charge in [-0.1, -0.05) is 18.2 Å². The number of aryl methyl sites for hydroxylation is 1. The molecule has 3 aromatic carbocycles. The van der Waals surface area contributed by atoms with Crippen LogP contribution in [-0.2, 0) is 13.1 Å². The molecule has 0 spiro atoms. The first-order valence-electron chi connectivity index (χ1n) is 11.1. The van der Waals surface area contributed by atoms with Crippen LogP contribution in [0.1, 0.15) is 16.7 Å². The predicted octanol–water partition coefficient (Wildman–Crippen LogP) is 4.86. The Morgan fingerprint density at radius 1 is 0.971 bits per heavy atom. The van der Waals surface area contributed by atoms with Crippen LogP contribution < -0.4 is 24.6 Å². The van der Waals surface area contributed by atoms with Crippen molar-refractivity contribution in [1.29, 1.82) is 0 Å². The summed E-state index contributed by atoms with van der Waals surface area (Å²) >= 11 is 0. The lowest BCUT2D eigenvalue weighted by atomic mass is 9.96. The van der Waals surface area contributed by atoms with Crippen molar-refractivity contribution in [2.75, 3.05) is 20.6 Å². The fraction of sp³-hybridized carbons (Fsp3) is 0.222. The van der Waals surface area contributed by atoms with Gasteiger partial charge in [0.05, 0.1) is 7.11 Å². The molecule has 0 N–H and O–H groups in total. The lowest BCUT2D eigenvalue weighted by molar-refractivity contribution is 0.0880. The summed E-state index contributed by atoms with van der Waals surface area (Å²) in [6.07, 6.45) is 0. The van der Waals surface area contributed by atoms with Crippen LogP contribution in [0.2, 0.25) is 0 Å². The Kier molecular flexibility index (Phi) is 4.92. The highest BCUT2D eigenvalue weighted by molar-refractivity contribution is 5.96. The Hall–Kier alpha value is -3.97. The molecule has 6 rings (SSSR count). The van der Waals surface area contributed by atoms with Gasteiger partial charge in [0.25, 0.3) is 0 Å². The predicted molar refractivity (Wildman–Crippen MR) is 127 cm³/mol. The SMILES string of the molecule is COc1ccc(-c2cc(=O)oc3c(C)c4c(cc23)CN(Cc2ccc3c(c2)OCO3)CO4)cc1. The summed E-state index contributed by atoms with van der Waals surface area (Å²) in [4.78, 5) is 14.6. The van der Waals surface area contributed by atoms with Gasteiger partial charge in [-0.25, -0.2) is 4.79 Å². The third-order valence-electron chi connectivity index (χ3n) is 6.32. The molecule has 4 aromatic rings. The largest absolute Gasteiger partial charge is 0.497 e. The molecule has 0 bridgehead atoms. The standard InChI is InChI=1S/C27H23NO6/c1-16-26-19(13-28(14-31-26)12-17-3-8-23-24(9-17)33-15-32-23)10-22-21(11-25(29)34-27(16)22)18-4-6-20(30-2)7-5-18/h3-11H,12-15H2,1-2H3. The molecule has 7 heteroatoms. The average molecular weight is 457 g/mol. The first kappa shape index (κ1) is 20.6. The van der Waals surface area contributed by atoms with Crippen LogP contribution in [0, 0.1) is 6.92 Å². The second-order valence-corrected chi connectivity index (χ2v) is 8.52. The summed E-state index contributed by atoms with van der Waals surface area (Å²) in [6, 6.07) is 17.3. The molecule has 7 nitrogen and oxygen atoms in total. The second kappa shape index (κ2) is 8.11. The smallest absolute Gasteiger partial charge is 0.336 e. The topological polar surface area (TPSA) is 70.4 Å². The molecular weight excluding hydrogens is 434 g/mol. The van der Waals surface area contributed by atoms with E-state index in [-0.39, 0.29) is 12.4 Å². The molecule has 2 aliphatic rings. The molecule has 34 heavy (non-hydrogen) atoms. The van der Waals surface area contributed by atoms with Gasteiger partial charge in [-0.2, -0.15) is 0 Å². The molecule has 0 saturated heterocycles. The summed E-state index contributed by atoms with van der Waals surface area (Å²) < 4.78 is 28.0. The molecular formula is C27H23NO6. The molecule has 0 aliphatic carbocycles. The van der Waals surface area contributed by atoms with Crippen LogP contribution in [0.25, 0.3) is 22.1 Å². The Labute approximate surface area is 196 Å². The van der Waals surface area contributed by atoms with Crippen molar-refractivity contribution in [3.8, 4) is 34.1 Å². The summed E-state index contributed by atoms with van der Waals surface area (Å²) in [5, 5.41) is 0.884. The molecule has 1 aromatic heterocycles. The first-order valence-corrected chi connectivity index (χ1v) is 11.1. The molecule has 0 unspecified atom stereocenters. The first-order chi connectivity index (χ1) is 16.6. The van der Waals surface area contributed by atoms with Crippen LogP contribution in [0.3, 0.4) is 0 Å². The summed E-state index contributed by atoms with van der Waals surface area (Å²) in [7, 11) is 1.63. The van der Waals surface area contributed by atoms with E-state index in [0.717, 1.165) is 56.2 Å². The molecule has 0 radical (unpaired) electrons. The number of rotatable bonds is 4. The maximum absolute atomic E-state index is 12.4. The van der Waals surface area contributed by atoms with Gasteiger partial charge in [0.15, 0.2) is 11.5 Å². The third kappa shape index (κ3) is 3.54. The fourth-order valence-corrected chi connectivity index (χ4v) is 4.68. The molecule has 0 fully saturated rings. The highest BCUT2D eigenvalue weighted by atomic mass is 16.7. The van der Waals surface area contributed by atoms with Gasteiger partial charge in [0.2, 0.25) is 6.79 Å². The molecule has 2 aliphatic heterocycles. The van der Waals surface area contributed by atoms with Gasteiger partial charge in [0.1, 0.15) is 23.8 Å². The van der Waals surface area contributed by atoms with E-state index < -0.39 is 0 Å². The van der Waals surface area contributed by atoms with Crippen molar-refractivity contribution in [2.24, 2.45) is 0 Å². The Morgan fingerprint density at radius 2 is 1.79 bits per heavy atom. The van der Waals surface area contributed by atoms with Crippen molar-refractivity contribution in [2.45, 2.75) is 20.0 Å². The molecule has 0 saturated carbocycles. The van der Waals surface area contributed by atoms with E-state index in [4.69, 9.17) is 23.4 Å². The zero-order valence-corrected chi connectivity index (χ0v) is 18.9. The molecule has 3 heterocycles. The van der Waals surface area contributed by atoms with E-state index >= 15 is 0 Å². The van der Waals surface area contributed by atoms with Crippen LogP contribution in [0.15, 0.2) is 63.8 Å². The van der Waals surface area contributed by atoms with Crippen LogP contribution in [0.4, 0.5) is 0 Å². The summed E-state index contributed by atoms with van der Waals surface area (Å²) in [6.45, 7) is 4.06. The average Bonchev–Trinajstić information content (AvgIpc) is 3.32. The fourth-order valence-electron chi connectivity index (χ4n) is 4.68. The van der Waals surface area contributed by atoms with Gasteiger partial charge >= 0.3 is 5.63 Å². The number of hydrogen-bond donors (Lipinski definition) is 0. The van der Waals surface area contributed by atoms with Gasteiger partial charge < -0.3 is 23.4 Å². The van der Waals surface area contributed by atoms with E-state index in [1.54, 1.807) is 13.2 Å². The Balaban J connectivity index is 1.37. The van der Waals surface area contributed by atoms with Crippen molar-refractivity contribution in [3.63, 3.8) is 0 Å². The molecule has 172 valence electrons. The zero-order valence-electron chi connectivity index (χ0n) is 18.9. The molecule has 0 atom stereocenters. The Morgan fingerprint density at radius 3 is 2.62 bits per heavy atom. The van der Waals surface area contributed by atoms with Crippen molar-refractivity contribution < 1.29 is 23.4 Å². The van der Waals surface area contributed by atoms with Gasteiger partial charge in [-0.05, 0) is 53.9 Å². The number of methoxy groups -OCH3 is 1. The normalized spacial score (nSPS) is 14.6. The molecule has 0 amide bonds. The number of fused-ring (bicyclic) bond motifs is 3. The third-order valence-corrected chi connectivity index (χ3v) is 6.32. The lowest BCUT2D eigenvalue weighted by Gasteiger charge is -2.30. The minimum absolute atomic E-state index is 0.262. The highest BCUT2D eigenvalue weighted by Gasteiger charge is 2.24. The van der Waals surface area contributed by atoms with E-state index in [1.807, 2.05) is 49.4 Å². The van der Waals surface area contributed by atoms with E-state index in [9.17, 15) is 4.79 Å². The number of benzene rings is 3.